The van der Waals surface area contributed by atoms with Gasteiger partial charge in [0.1, 0.15) is 0 Å². The number of nitrogens with one attached hydrogen (secondary N) is 1. The van der Waals surface area contributed by atoms with E-state index in [2.05, 4.69) is 22.2 Å². The second-order valence-electron chi connectivity index (χ2n) is 7.19. The van der Waals surface area contributed by atoms with E-state index in [1.165, 1.54) is 25.9 Å². The molecule has 2 aliphatic rings. The number of carbonyl (C=O) groups is 1. The number of hydrogen-bond acceptors (Lipinski definition) is 3. The molecule has 1 aromatic rings. The third kappa shape index (κ3) is 4.71. The first-order valence-electron chi connectivity index (χ1n) is 9.06. The lowest BCUT2D eigenvalue weighted by molar-refractivity contribution is -0.126. The predicted octanol–water partition coefficient (Wildman–Crippen LogP) is 2.76. The molecule has 0 bridgehead atoms. The van der Waals surface area contributed by atoms with Gasteiger partial charge in [-0.3, -0.25) is 4.79 Å². The molecular formula is C19H28ClN3O. The molecular weight excluding hydrogens is 322 g/mol. The van der Waals surface area contributed by atoms with E-state index in [9.17, 15) is 4.79 Å². The number of benzene rings is 1. The first kappa shape index (κ1) is 17.7. The van der Waals surface area contributed by atoms with Crippen molar-refractivity contribution in [2.75, 3.05) is 33.2 Å². The summed E-state index contributed by atoms with van der Waals surface area (Å²) in [5.74, 6) is 0.352. The van der Waals surface area contributed by atoms with Crippen LogP contribution < -0.4 is 5.32 Å². The minimum atomic E-state index is 0.159. The summed E-state index contributed by atoms with van der Waals surface area (Å²) in [6, 6.07) is 8.39. The molecule has 0 aromatic heterocycles. The molecule has 4 nitrogen and oxygen atoms in total. The predicted molar refractivity (Wildman–Crippen MR) is 98.1 cm³/mol. The molecule has 5 heteroatoms. The van der Waals surface area contributed by atoms with Crippen molar-refractivity contribution in [2.24, 2.45) is 5.92 Å². The van der Waals surface area contributed by atoms with Crippen molar-refractivity contribution in [1.82, 2.24) is 15.1 Å². The Labute approximate surface area is 150 Å². The molecule has 1 amide bonds. The topological polar surface area (TPSA) is 35.6 Å². The van der Waals surface area contributed by atoms with Crippen molar-refractivity contribution in [3.05, 3.63) is 34.9 Å². The average Bonchev–Trinajstić information content (AvgIpc) is 2.61. The summed E-state index contributed by atoms with van der Waals surface area (Å²) in [5.41, 5.74) is 1.06. The maximum absolute atomic E-state index is 12.4. The van der Waals surface area contributed by atoms with Crippen molar-refractivity contribution in [3.63, 3.8) is 0 Å². The van der Waals surface area contributed by atoms with Gasteiger partial charge in [-0.2, -0.15) is 0 Å². The highest BCUT2D eigenvalue weighted by molar-refractivity contribution is 6.30. The highest BCUT2D eigenvalue weighted by atomic mass is 35.5. The highest BCUT2D eigenvalue weighted by Gasteiger charge is 2.29. The van der Waals surface area contributed by atoms with Crippen LogP contribution in [0.25, 0.3) is 0 Å². The van der Waals surface area contributed by atoms with Crippen LogP contribution in [-0.2, 0) is 11.3 Å². The summed E-state index contributed by atoms with van der Waals surface area (Å²) >= 11 is 5.99. The summed E-state index contributed by atoms with van der Waals surface area (Å²) in [6.07, 6.45) is 4.49. The molecule has 0 spiro atoms. The number of hydrogen-bond donors (Lipinski definition) is 1. The van der Waals surface area contributed by atoms with Crippen molar-refractivity contribution in [2.45, 2.75) is 38.3 Å². The van der Waals surface area contributed by atoms with Gasteiger partial charge in [0, 0.05) is 23.5 Å². The van der Waals surface area contributed by atoms with E-state index in [1.807, 2.05) is 24.3 Å². The fourth-order valence-corrected chi connectivity index (χ4v) is 4.08. The smallest absolute Gasteiger partial charge is 0.223 e. The zero-order chi connectivity index (χ0) is 16.9. The number of halogens is 1. The quantitative estimate of drug-likeness (QED) is 0.907. The van der Waals surface area contributed by atoms with Crippen LogP contribution in [0.1, 0.15) is 31.2 Å². The van der Waals surface area contributed by atoms with Gasteiger partial charge >= 0.3 is 0 Å². The van der Waals surface area contributed by atoms with Gasteiger partial charge < -0.3 is 15.1 Å². The summed E-state index contributed by atoms with van der Waals surface area (Å²) in [4.78, 5) is 17.4. The van der Waals surface area contributed by atoms with Crippen LogP contribution >= 0.6 is 11.6 Å². The van der Waals surface area contributed by atoms with Crippen LogP contribution in [0.5, 0.6) is 0 Å². The van der Waals surface area contributed by atoms with Gasteiger partial charge in [0.15, 0.2) is 0 Å². The third-order valence-corrected chi connectivity index (χ3v) is 5.70. The van der Waals surface area contributed by atoms with E-state index in [0.29, 0.717) is 11.6 Å². The lowest BCUT2D eigenvalue weighted by Gasteiger charge is -2.40. The standard InChI is InChI=1S/C19H28ClN3O/c1-22-9-7-18(8-10-22)23-11-5-16(6-12-23)19(24)21-14-15-3-2-4-17(20)13-15/h2-4,13,16,18H,5-12,14H2,1H3,(H,21,24). The number of rotatable bonds is 4. The zero-order valence-electron chi connectivity index (χ0n) is 14.5. The second kappa shape index (κ2) is 8.32. The van der Waals surface area contributed by atoms with Crippen molar-refractivity contribution < 1.29 is 4.79 Å². The first-order valence-corrected chi connectivity index (χ1v) is 9.44. The normalized spacial score (nSPS) is 21.8. The van der Waals surface area contributed by atoms with Crippen molar-refractivity contribution >= 4 is 17.5 Å². The van der Waals surface area contributed by atoms with Gasteiger partial charge in [-0.15, -0.1) is 0 Å². The number of nitrogens with zero attached hydrogens (tertiary/aromatic N) is 2. The molecule has 0 radical (unpaired) electrons. The van der Waals surface area contributed by atoms with Gasteiger partial charge in [-0.1, -0.05) is 23.7 Å². The summed E-state index contributed by atoms with van der Waals surface area (Å²) in [7, 11) is 2.20. The van der Waals surface area contributed by atoms with Crippen LogP contribution in [-0.4, -0.2) is 55.0 Å². The molecule has 2 heterocycles. The van der Waals surface area contributed by atoms with Crippen LogP contribution in [0.3, 0.4) is 0 Å². The Morgan fingerprint density at radius 1 is 1.17 bits per heavy atom. The van der Waals surface area contributed by atoms with Crippen LogP contribution in [0.4, 0.5) is 0 Å². The van der Waals surface area contributed by atoms with E-state index in [1.54, 1.807) is 0 Å². The monoisotopic (exact) mass is 349 g/mol. The third-order valence-electron chi connectivity index (χ3n) is 5.46. The Hall–Kier alpha value is -1.10. The SMILES string of the molecule is CN1CCC(N2CCC(C(=O)NCc3cccc(Cl)c3)CC2)CC1. The average molecular weight is 350 g/mol. The van der Waals surface area contributed by atoms with Crippen LogP contribution in [0, 0.1) is 5.92 Å². The van der Waals surface area contributed by atoms with Crippen molar-refractivity contribution in [1.29, 1.82) is 0 Å². The van der Waals surface area contributed by atoms with E-state index in [0.717, 1.165) is 37.5 Å². The minimum absolute atomic E-state index is 0.159. The van der Waals surface area contributed by atoms with E-state index in [4.69, 9.17) is 11.6 Å². The second-order valence-corrected chi connectivity index (χ2v) is 7.63. The maximum atomic E-state index is 12.4. The van der Waals surface area contributed by atoms with Gasteiger partial charge in [-0.05, 0) is 76.6 Å². The molecule has 24 heavy (non-hydrogen) atoms. The molecule has 2 saturated heterocycles. The van der Waals surface area contributed by atoms with E-state index >= 15 is 0 Å². The largest absolute Gasteiger partial charge is 0.352 e. The van der Waals surface area contributed by atoms with E-state index < -0.39 is 0 Å². The lowest BCUT2D eigenvalue weighted by atomic mass is 9.93. The maximum Gasteiger partial charge on any atom is 0.223 e. The van der Waals surface area contributed by atoms with Gasteiger partial charge in [0.2, 0.25) is 5.91 Å². The minimum Gasteiger partial charge on any atom is -0.352 e. The van der Waals surface area contributed by atoms with Crippen LogP contribution in [0.15, 0.2) is 24.3 Å². The molecule has 3 rings (SSSR count). The van der Waals surface area contributed by atoms with Gasteiger partial charge in [0.05, 0.1) is 0 Å². The Bertz CT molecular complexity index is 549. The molecule has 1 aromatic carbocycles. The number of likely N-dealkylation sites (tertiary alicyclic amines) is 2. The first-order chi connectivity index (χ1) is 11.6. The lowest BCUT2D eigenvalue weighted by Crippen LogP contribution is -2.48. The van der Waals surface area contributed by atoms with Crippen molar-refractivity contribution in [3.8, 4) is 0 Å². The zero-order valence-corrected chi connectivity index (χ0v) is 15.3. The van der Waals surface area contributed by atoms with E-state index in [-0.39, 0.29) is 11.8 Å². The van der Waals surface area contributed by atoms with Gasteiger partial charge in [0.25, 0.3) is 0 Å². The number of amides is 1. The number of carbonyl (C=O) groups excluding carboxylic acids is 1. The van der Waals surface area contributed by atoms with Gasteiger partial charge in [-0.25, -0.2) is 0 Å². The Balaban J connectivity index is 1.42. The molecule has 2 fully saturated rings. The fourth-order valence-electron chi connectivity index (χ4n) is 3.87. The molecule has 132 valence electrons. The summed E-state index contributed by atoms with van der Waals surface area (Å²) in [6.45, 7) is 5.08. The fraction of sp³-hybridized carbons (Fsp3) is 0.632. The Morgan fingerprint density at radius 3 is 2.54 bits per heavy atom. The molecule has 0 atom stereocenters. The Kier molecular flexibility index (Phi) is 6.14. The number of piperidine rings is 2. The summed E-state index contributed by atoms with van der Waals surface area (Å²) in [5, 5.41) is 3.79. The molecule has 2 aliphatic heterocycles. The molecule has 1 N–H and O–H groups in total. The highest BCUT2D eigenvalue weighted by Crippen LogP contribution is 2.23. The molecule has 0 saturated carbocycles. The Morgan fingerprint density at radius 2 is 1.88 bits per heavy atom. The summed E-state index contributed by atoms with van der Waals surface area (Å²) < 4.78 is 0. The van der Waals surface area contributed by atoms with Crippen LogP contribution in [0.2, 0.25) is 5.02 Å². The molecule has 0 aliphatic carbocycles. The molecule has 0 unspecified atom stereocenters.